The minimum absolute atomic E-state index is 0.271. The predicted octanol–water partition coefficient (Wildman–Crippen LogP) is 4.65. The first-order valence-electron chi connectivity index (χ1n) is 8.22. The Morgan fingerprint density at radius 2 is 1.76 bits per heavy atom. The summed E-state index contributed by atoms with van der Waals surface area (Å²) in [6, 6.07) is 16.1. The molecule has 0 unspecified atom stereocenters. The number of nitrogens with one attached hydrogen (secondary N) is 1. The van der Waals surface area contributed by atoms with Crippen molar-refractivity contribution in [3.63, 3.8) is 0 Å². The highest BCUT2D eigenvalue weighted by Gasteiger charge is 2.08. The Balaban J connectivity index is 1.75. The Kier molecular flexibility index (Phi) is 5.19. The van der Waals surface area contributed by atoms with Crippen LogP contribution in [0.25, 0.3) is 11.3 Å². The zero-order chi connectivity index (χ0) is 17.8. The molecule has 0 atom stereocenters. The monoisotopic (exact) mass is 352 g/mol. The van der Waals surface area contributed by atoms with Gasteiger partial charge in [-0.3, -0.25) is 0 Å². The maximum absolute atomic E-state index is 5.91. The van der Waals surface area contributed by atoms with Crippen molar-refractivity contribution in [3.05, 3.63) is 70.2 Å². The quantitative estimate of drug-likeness (QED) is 0.701. The number of nitrogen functional groups attached to an aromatic ring is 1. The van der Waals surface area contributed by atoms with E-state index in [2.05, 4.69) is 47.3 Å². The molecule has 0 spiro atoms. The summed E-state index contributed by atoms with van der Waals surface area (Å²) < 4.78 is 0. The smallest absolute Gasteiger partial charge is 0.222 e. The number of halogens is 1. The van der Waals surface area contributed by atoms with Crippen LogP contribution >= 0.6 is 11.6 Å². The molecule has 3 rings (SSSR count). The van der Waals surface area contributed by atoms with Gasteiger partial charge in [0, 0.05) is 23.2 Å². The predicted molar refractivity (Wildman–Crippen MR) is 105 cm³/mol. The van der Waals surface area contributed by atoms with E-state index in [-0.39, 0.29) is 5.95 Å². The number of aryl methyl sites for hydroxylation is 2. The first-order valence-corrected chi connectivity index (χ1v) is 8.59. The fourth-order valence-corrected chi connectivity index (χ4v) is 2.82. The summed E-state index contributed by atoms with van der Waals surface area (Å²) in [5.74, 6) is 1.00. The molecular formula is C20H21ClN4. The topological polar surface area (TPSA) is 63.8 Å². The molecule has 0 bridgehead atoms. The summed E-state index contributed by atoms with van der Waals surface area (Å²) in [7, 11) is 0. The van der Waals surface area contributed by atoms with Gasteiger partial charge in [0.05, 0.1) is 5.69 Å². The molecule has 2 aromatic carbocycles. The molecule has 25 heavy (non-hydrogen) atoms. The normalized spacial score (nSPS) is 10.7. The van der Waals surface area contributed by atoms with Crippen molar-refractivity contribution in [1.29, 1.82) is 0 Å². The third-order valence-corrected chi connectivity index (χ3v) is 4.30. The summed E-state index contributed by atoms with van der Waals surface area (Å²) >= 11 is 5.91. The lowest BCUT2D eigenvalue weighted by Gasteiger charge is -2.11. The van der Waals surface area contributed by atoms with Crippen LogP contribution in [0.2, 0.25) is 5.02 Å². The molecular weight excluding hydrogens is 332 g/mol. The molecule has 1 aromatic heterocycles. The average molecular weight is 353 g/mol. The summed E-state index contributed by atoms with van der Waals surface area (Å²) in [6.45, 7) is 4.89. The summed E-state index contributed by atoms with van der Waals surface area (Å²) in [6.07, 6.45) is 0.875. The fraction of sp³-hybridized carbons (Fsp3) is 0.200. The number of benzene rings is 2. The molecule has 3 N–H and O–H groups in total. The summed E-state index contributed by atoms with van der Waals surface area (Å²) in [4.78, 5) is 8.69. The van der Waals surface area contributed by atoms with Crippen LogP contribution in [-0.4, -0.2) is 16.5 Å². The van der Waals surface area contributed by atoms with E-state index in [9.17, 15) is 0 Å². The van der Waals surface area contributed by atoms with Crippen LogP contribution in [0.15, 0.2) is 48.5 Å². The Labute approximate surface area is 153 Å². The van der Waals surface area contributed by atoms with Crippen LogP contribution in [-0.2, 0) is 6.42 Å². The lowest BCUT2D eigenvalue weighted by molar-refractivity contribution is 1.00. The van der Waals surface area contributed by atoms with E-state index in [1.54, 1.807) is 0 Å². The van der Waals surface area contributed by atoms with Gasteiger partial charge in [0.25, 0.3) is 0 Å². The lowest BCUT2D eigenvalue weighted by Crippen LogP contribution is -2.08. The van der Waals surface area contributed by atoms with E-state index in [0.29, 0.717) is 0 Å². The van der Waals surface area contributed by atoms with Crippen molar-refractivity contribution in [2.45, 2.75) is 20.3 Å². The van der Waals surface area contributed by atoms with Crippen LogP contribution in [0, 0.1) is 13.8 Å². The van der Waals surface area contributed by atoms with Gasteiger partial charge in [-0.2, -0.15) is 4.98 Å². The van der Waals surface area contributed by atoms with Crippen molar-refractivity contribution in [2.75, 3.05) is 17.6 Å². The van der Waals surface area contributed by atoms with Gasteiger partial charge in [0.2, 0.25) is 5.95 Å². The van der Waals surface area contributed by atoms with Crippen LogP contribution in [0.5, 0.6) is 0 Å². The molecule has 5 heteroatoms. The molecule has 3 aromatic rings. The highest BCUT2D eigenvalue weighted by molar-refractivity contribution is 6.30. The third kappa shape index (κ3) is 4.48. The van der Waals surface area contributed by atoms with Crippen molar-refractivity contribution in [2.24, 2.45) is 0 Å². The van der Waals surface area contributed by atoms with Gasteiger partial charge in [-0.15, -0.1) is 0 Å². The second kappa shape index (κ2) is 7.53. The Hall–Kier alpha value is -2.59. The van der Waals surface area contributed by atoms with E-state index in [0.717, 1.165) is 40.6 Å². The van der Waals surface area contributed by atoms with Gasteiger partial charge >= 0.3 is 0 Å². The van der Waals surface area contributed by atoms with Crippen LogP contribution in [0.1, 0.15) is 16.7 Å². The van der Waals surface area contributed by atoms with Gasteiger partial charge in [-0.25, -0.2) is 4.98 Å². The minimum atomic E-state index is 0.271. The maximum Gasteiger partial charge on any atom is 0.222 e. The molecule has 0 amide bonds. The largest absolute Gasteiger partial charge is 0.370 e. The Bertz CT molecular complexity index is 875. The van der Waals surface area contributed by atoms with Gasteiger partial charge in [0.15, 0.2) is 0 Å². The fourth-order valence-electron chi connectivity index (χ4n) is 2.69. The highest BCUT2D eigenvalue weighted by atomic mass is 35.5. The first-order chi connectivity index (χ1) is 12.0. The summed E-state index contributed by atoms with van der Waals surface area (Å²) in [5, 5.41) is 4.08. The molecule has 0 aliphatic carbocycles. The number of nitrogens with two attached hydrogens (primary N) is 1. The number of anilines is 2. The van der Waals surface area contributed by atoms with Crippen molar-refractivity contribution in [1.82, 2.24) is 9.97 Å². The van der Waals surface area contributed by atoms with Gasteiger partial charge in [-0.05, 0) is 49.6 Å². The molecule has 0 saturated heterocycles. The number of nitrogens with zero attached hydrogens (tertiary/aromatic N) is 2. The van der Waals surface area contributed by atoms with Gasteiger partial charge < -0.3 is 11.1 Å². The molecule has 4 nitrogen and oxygen atoms in total. The molecule has 128 valence electrons. The van der Waals surface area contributed by atoms with E-state index < -0.39 is 0 Å². The molecule has 0 radical (unpaired) electrons. The minimum Gasteiger partial charge on any atom is -0.370 e. The number of hydrogen-bond donors (Lipinski definition) is 2. The second-order valence-corrected chi connectivity index (χ2v) is 6.55. The second-order valence-electron chi connectivity index (χ2n) is 6.12. The van der Waals surface area contributed by atoms with Gasteiger partial charge in [-0.1, -0.05) is 41.4 Å². The van der Waals surface area contributed by atoms with E-state index >= 15 is 0 Å². The van der Waals surface area contributed by atoms with Crippen LogP contribution in [0.4, 0.5) is 11.8 Å². The number of hydrogen-bond acceptors (Lipinski definition) is 4. The van der Waals surface area contributed by atoms with Crippen LogP contribution in [0.3, 0.4) is 0 Å². The molecule has 1 heterocycles. The van der Waals surface area contributed by atoms with E-state index in [4.69, 9.17) is 17.3 Å². The van der Waals surface area contributed by atoms with Gasteiger partial charge in [0.1, 0.15) is 5.82 Å². The molecule has 0 saturated carbocycles. The van der Waals surface area contributed by atoms with E-state index in [1.807, 2.05) is 30.3 Å². The van der Waals surface area contributed by atoms with Crippen molar-refractivity contribution in [3.8, 4) is 11.3 Å². The maximum atomic E-state index is 5.91. The summed E-state index contributed by atoms with van der Waals surface area (Å²) in [5.41, 5.74) is 11.4. The Morgan fingerprint density at radius 1 is 1.00 bits per heavy atom. The highest BCUT2D eigenvalue weighted by Crippen LogP contribution is 2.25. The average Bonchev–Trinajstić information content (AvgIpc) is 2.58. The third-order valence-electron chi connectivity index (χ3n) is 4.05. The van der Waals surface area contributed by atoms with Crippen molar-refractivity contribution >= 4 is 23.4 Å². The molecule has 0 fully saturated rings. The zero-order valence-corrected chi connectivity index (χ0v) is 15.1. The standard InChI is InChI=1S/C20H21ClN4/c1-13-3-4-14(2)17(11-13)18-12-19(25-20(22)24-18)23-10-9-15-5-7-16(21)8-6-15/h3-8,11-12H,9-10H2,1-2H3,(H3,22,23,24,25). The van der Waals surface area contributed by atoms with Crippen LogP contribution < -0.4 is 11.1 Å². The number of aromatic nitrogens is 2. The zero-order valence-electron chi connectivity index (χ0n) is 14.4. The lowest BCUT2D eigenvalue weighted by atomic mass is 10.0. The van der Waals surface area contributed by atoms with Crippen molar-refractivity contribution < 1.29 is 0 Å². The SMILES string of the molecule is Cc1ccc(C)c(-c2cc(NCCc3ccc(Cl)cc3)nc(N)n2)c1. The molecule has 0 aliphatic rings. The van der Waals surface area contributed by atoms with E-state index in [1.165, 1.54) is 11.1 Å². The Morgan fingerprint density at radius 3 is 2.52 bits per heavy atom. The molecule has 0 aliphatic heterocycles. The first kappa shape index (κ1) is 17.2. The number of rotatable bonds is 5.